The van der Waals surface area contributed by atoms with Crippen molar-refractivity contribution in [1.82, 2.24) is 19.8 Å². The number of hydrogen-bond donors (Lipinski definition) is 1. The van der Waals surface area contributed by atoms with Gasteiger partial charge < -0.3 is 5.32 Å². The fourth-order valence-corrected chi connectivity index (χ4v) is 4.14. The molecule has 4 rings (SSSR count). The molecule has 1 aromatic heterocycles. The fourth-order valence-electron chi connectivity index (χ4n) is 4.14. The molecule has 0 radical (unpaired) electrons. The number of aryl methyl sites for hydroxylation is 1. The molecule has 0 bridgehead atoms. The van der Waals surface area contributed by atoms with E-state index in [1.165, 1.54) is 30.6 Å². The van der Waals surface area contributed by atoms with Gasteiger partial charge in [0.1, 0.15) is 11.6 Å². The van der Waals surface area contributed by atoms with Crippen LogP contribution in [0.1, 0.15) is 37.1 Å². The zero-order valence-corrected chi connectivity index (χ0v) is 19.4. The van der Waals surface area contributed by atoms with Crippen LogP contribution in [-0.4, -0.2) is 64.8 Å². The van der Waals surface area contributed by atoms with Gasteiger partial charge in [0.15, 0.2) is 0 Å². The summed E-state index contributed by atoms with van der Waals surface area (Å²) in [4.78, 5) is 39.6. The Morgan fingerprint density at radius 3 is 2.79 bits per heavy atom. The van der Waals surface area contributed by atoms with E-state index in [1.54, 1.807) is 18.3 Å². The van der Waals surface area contributed by atoms with Crippen molar-refractivity contribution in [3.63, 3.8) is 0 Å². The average molecular weight is 449 g/mol. The number of carbonyl (C=O) groups is 2. The van der Waals surface area contributed by atoms with Crippen molar-refractivity contribution in [2.24, 2.45) is 0 Å². The Hall–Kier alpha value is -3.10. The maximum Gasteiger partial charge on any atom is 0.248 e. The van der Waals surface area contributed by atoms with Gasteiger partial charge in [-0.2, -0.15) is 0 Å². The van der Waals surface area contributed by atoms with E-state index in [9.17, 15) is 9.59 Å². The van der Waals surface area contributed by atoms with Crippen molar-refractivity contribution in [1.29, 1.82) is 0 Å². The summed E-state index contributed by atoms with van der Waals surface area (Å²) in [6.07, 6.45) is 10.9. The largest absolute Gasteiger partial charge is 0.322 e. The lowest BCUT2D eigenvalue weighted by Gasteiger charge is -2.23. The molecular formula is C25H32N6O2. The quantitative estimate of drug-likeness (QED) is 0.444. The average Bonchev–Trinajstić information content (AvgIpc) is 3.53. The van der Waals surface area contributed by atoms with Gasteiger partial charge in [-0.3, -0.25) is 24.3 Å². The topological polar surface area (TPSA) is 81.7 Å². The lowest BCUT2D eigenvalue weighted by Crippen LogP contribution is -2.24. The summed E-state index contributed by atoms with van der Waals surface area (Å²) in [5, 5.41) is 2.89. The third kappa shape index (κ3) is 6.24. The maximum absolute atomic E-state index is 12.4. The molecule has 1 N–H and O–H groups in total. The van der Waals surface area contributed by atoms with Gasteiger partial charge in [0, 0.05) is 42.7 Å². The van der Waals surface area contributed by atoms with Gasteiger partial charge >= 0.3 is 0 Å². The van der Waals surface area contributed by atoms with Crippen LogP contribution in [0.15, 0.2) is 42.6 Å². The number of anilines is 3. The smallest absolute Gasteiger partial charge is 0.248 e. The van der Waals surface area contributed by atoms with Crippen molar-refractivity contribution in [2.45, 2.75) is 45.2 Å². The molecule has 2 aliphatic rings. The fraction of sp³-hybridized carbons (Fsp3) is 0.440. The minimum absolute atomic E-state index is 0.186. The molecule has 0 unspecified atom stereocenters. The van der Waals surface area contributed by atoms with Crippen molar-refractivity contribution in [2.75, 3.05) is 36.9 Å². The van der Waals surface area contributed by atoms with Gasteiger partial charge in [0.2, 0.25) is 12.3 Å². The normalized spacial score (nSPS) is 16.5. The second-order valence-electron chi connectivity index (χ2n) is 8.84. The molecule has 2 fully saturated rings. The minimum Gasteiger partial charge on any atom is -0.322 e. The number of nitrogens with zero attached hydrogens (tertiary/aromatic N) is 5. The number of aromatic nitrogens is 2. The van der Waals surface area contributed by atoms with E-state index in [1.807, 2.05) is 31.2 Å². The summed E-state index contributed by atoms with van der Waals surface area (Å²) < 4.78 is 0. The molecular weight excluding hydrogens is 416 g/mol. The van der Waals surface area contributed by atoms with E-state index >= 15 is 0 Å². The molecule has 2 amide bonds. The minimum atomic E-state index is -0.186. The number of rotatable bonds is 10. The molecule has 1 aromatic carbocycles. The van der Waals surface area contributed by atoms with Crippen molar-refractivity contribution in [3.8, 4) is 0 Å². The second kappa shape index (κ2) is 10.7. The highest BCUT2D eigenvalue weighted by molar-refractivity contribution is 6.00. The Morgan fingerprint density at radius 1 is 1.27 bits per heavy atom. The summed E-state index contributed by atoms with van der Waals surface area (Å²) in [5.41, 5.74) is 2.15. The summed E-state index contributed by atoms with van der Waals surface area (Å²) in [7, 11) is 2.08. The van der Waals surface area contributed by atoms with E-state index in [4.69, 9.17) is 0 Å². The van der Waals surface area contributed by atoms with Gasteiger partial charge in [0.25, 0.3) is 0 Å². The zero-order chi connectivity index (χ0) is 23.2. The predicted octanol–water partition coefficient (Wildman–Crippen LogP) is 3.26. The van der Waals surface area contributed by atoms with Gasteiger partial charge in [-0.05, 0) is 70.9 Å². The summed E-state index contributed by atoms with van der Waals surface area (Å²) in [5.74, 6) is 0.981. The first-order valence-electron chi connectivity index (χ1n) is 11.6. The molecule has 33 heavy (non-hydrogen) atoms. The molecule has 0 atom stereocenters. The molecule has 1 aliphatic carbocycles. The van der Waals surface area contributed by atoms with Crippen LogP contribution in [0, 0.1) is 6.92 Å². The number of carbonyl (C=O) groups excluding carboxylic acids is 2. The molecule has 0 spiro atoms. The SMILES string of the molecule is Cc1ncc(CN(C)C2CC2)c(N(C=O)c2cccc(NC(=O)/C=C/CN3CCCC3)c2)n1. The standard InChI is InChI=1S/C25H32N6O2/c1-19-26-16-20(17-29(2)22-10-11-22)25(27-19)31(18-32)23-8-5-7-21(15-23)28-24(33)9-6-14-30-12-3-4-13-30/h5-9,15-16,18,22H,3-4,10-14,17H2,1-2H3,(H,28,33)/b9-6+. The Morgan fingerprint density at radius 2 is 2.06 bits per heavy atom. The van der Waals surface area contributed by atoms with E-state index in [0.29, 0.717) is 35.6 Å². The molecule has 8 nitrogen and oxygen atoms in total. The Bertz CT molecular complexity index is 1010. The van der Waals surface area contributed by atoms with Crippen molar-refractivity contribution < 1.29 is 9.59 Å². The lowest BCUT2D eigenvalue weighted by atomic mass is 10.2. The summed E-state index contributed by atoms with van der Waals surface area (Å²) >= 11 is 0. The molecule has 1 aliphatic heterocycles. The van der Waals surface area contributed by atoms with Crippen LogP contribution in [0.25, 0.3) is 0 Å². The van der Waals surface area contributed by atoms with E-state index in [2.05, 4.69) is 32.1 Å². The molecule has 1 saturated heterocycles. The summed E-state index contributed by atoms with van der Waals surface area (Å²) in [6.45, 7) is 5.46. The van der Waals surface area contributed by atoms with Crippen LogP contribution < -0.4 is 10.2 Å². The van der Waals surface area contributed by atoms with E-state index < -0.39 is 0 Å². The predicted molar refractivity (Wildman–Crippen MR) is 129 cm³/mol. The maximum atomic E-state index is 12.4. The van der Waals surface area contributed by atoms with Gasteiger partial charge in [-0.1, -0.05) is 12.1 Å². The monoisotopic (exact) mass is 448 g/mol. The first-order valence-corrected chi connectivity index (χ1v) is 11.6. The molecule has 1 saturated carbocycles. The van der Waals surface area contributed by atoms with Crippen molar-refractivity contribution in [3.05, 3.63) is 54.0 Å². The molecule has 2 heterocycles. The highest BCUT2D eigenvalue weighted by Crippen LogP contribution is 2.31. The van der Waals surface area contributed by atoms with Crippen molar-refractivity contribution >= 4 is 29.5 Å². The van der Waals surface area contributed by atoms with Crippen LogP contribution >= 0.6 is 0 Å². The molecule has 2 aromatic rings. The van der Waals surface area contributed by atoms with Gasteiger partial charge in [-0.15, -0.1) is 0 Å². The highest BCUT2D eigenvalue weighted by Gasteiger charge is 2.27. The first kappa shape index (κ1) is 23.1. The van der Waals surface area contributed by atoms with Crippen LogP contribution in [0.3, 0.4) is 0 Å². The van der Waals surface area contributed by atoms with E-state index in [-0.39, 0.29) is 5.91 Å². The van der Waals surface area contributed by atoms with Gasteiger partial charge in [0.05, 0.1) is 5.69 Å². The second-order valence-corrected chi connectivity index (χ2v) is 8.84. The number of nitrogens with one attached hydrogen (secondary N) is 1. The number of amides is 2. The third-order valence-electron chi connectivity index (χ3n) is 6.11. The summed E-state index contributed by atoms with van der Waals surface area (Å²) in [6, 6.07) is 7.83. The Labute approximate surface area is 195 Å². The first-order chi connectivity index (χ1) is 16.0. The van der Waals surface area contributed by atoms with Crippen LogP contribution in [-0.2, 0) is 16.1 Å². The Kier molecular flexibility index (Phi) is 7.47. The van der Waals surface area contributed by atoms with Crippen LogP contribution in [0.5, 0.6) is 0 Å². The lowest BCUT2D eigenvalue weighted by molar-refractivity contribution is -0.112. The van der Waals surface area contributed by atoms with Crippen LogP contribution in [0.4, 0.5) is 17.2 Å². The highest BCUT2D eigenvalue weighted by atomic mass is 16.1. The number of benzene rings is 1. The zero-order valence-electron chi connectivity index (χ0n) is 19.4. The number of hydrogen-bond acceptors (Lipinski definition) is 6. The third-order valence-corrected chi connectivity index (χ3v) is 6.11. The van der Waals surface area contributed by atoms with Crippen LogP contribution in [0.2, 0.25) is 0 Å². The Balaban J connectivity index is 1.48. The molecule has 174 valence electrons. The number of likely N-dealkylation sites (tertiary alicyclic amines) is 1. The molecule has 8 heteroatoms. The van der Waals surface area contributed by atoms with E-state index in [0.717, 1.165) is 31.6 Å². The van der Waals surface area contributed by atoms with Gasteiger partial charge in [-0.25, -0.2) is 9.97 Å².